The molecule has 0 atom stereocenters. The second kappa shape index (κ2) is 5.15. The molecule has 0 saturated carbocycles. The molecule has 0 rings (SSSR count). The topological polar surface area (TPSA) is 63.6 Å². The Labute approximate surface area is 54.4 Å². The molecule has 0 amide bonds. The van der Waals surface area contributed by atoms with E-state index < -0.39 is 11.9 Å². The monoisotopic (exact) mass is 132 g/mol. The van der Waals surface area contributed by atoms with Gasteiger partial charge < -0.3 is 9.84 Å². The maximum absolute atomic E-state index is 9.92. The summed E-state index contributed by atoms with van der Waals surface area (Å²) in [6.45, 7) is 1.64. The van der Waals surface area contributed by atoms with E-state index in [4.69, 9.17) is 5.11 Å². The summed E-state index contributed by atoms with van der Waals surface area (Å²) in [5.41, 5.74) is 0. The van der Waals surface area contributed by atoms with Gasteiger partial charge in [-0.2, -0.15) is 0 Å². The summed E-state index contributed by atoms with van der Waals surface area (Å²) in [6.07, 6.45) is 0. The summed E-state index contributed by atoms with van der Waals surface area (Å²) in [5, 5.41) is 7.84. The van der Waals surface area contributed by atoms with Crippen molar-refractivity contribution in [1.82, 2.24) is 0 Å². The summed E-state index contributed by atoms with van der Waals surface area (Å²) in [4.78, 5) is 19.5. The molecule has 0 radical (unpaired) electrons. The van der Waals surface area contributed by atoms with Gasteiger partial charge in [-0.1, -0.05) is 0 Å². The van der Waals surface area contributed by atoms with E-state index in [0.29, 0.717) is 0 Å². The summed E-state index contributed by atoms with van der Waals surface area (Å²) < 4.78 is 4.06. The standard InChI is InChI=1S/C4H6O4.BH3/c1-2-8-4(7)3(5)6;/h2H2,1H3,(H,5,6);1H3. The first-order valence-corrected chi connectivity index (χ1v) is 2.08. The Balaban J connectivity index is 0. The molecule has 0 aromatic heterocycles. The molecule has 0 fully saturated rings. The maximum Gasteiger partial charge on any atom is 0.417 e. The van der Waals surface area contributed by atoms with Crippen molar-refractivity contribution >= 4 is 20.4 Å². The summed E-state index contributed by atoms with van der Waals surface area (Å²) in [5.74, 6) is -2.75. The largest absolute Gasteiger partial charge is 0.473 e. The van der Waals surface area contributed by atoms with Crippen LogP contribution in [-0.2, 0) is 14.3 Å². The Hall–Kier alpha value is -0.995. The normalized spacial score (nSPS) is 7.22. The summed E-state index contributed by atoms with van der Waals surface area (Å²) in [6, 6.07) is 0. The number of carbonyl (C=O) groups excluding carboxylic acids is 1. The number of hydrogen-bond donors (Lipinski definition) is 1. The second-order valence-electron chi connectivity index (χ2n) is 1.03. The van der Waals surface area contributed by atoms with Crippen molar-refractivity contribution in [3.05, 3.63) is 0 Å². The van der Waals surface area contributed by atoms with Crippen molar-refractivity contribution in [2.24, 2.45) is 0 Å². The number of hydrogen-bond acceptors (Lipinski definition) is 3. The van der Waals surface area contributed by atoms with Gasteiger partial charge in [0.1, 0.15) is 0 Å². The molecule has 4 nitrogen and oxygen atoms in total. The van der Waals surface area contributed by atoms with E-state index in [1.54, 1.807) is 6.92 Å². The van der Waals surface area contributed by atoms with Gasteiger partial charge in [-0.3, -0.25) is 0 Å². The third-order valence-corrected chi connectivity index (χ3v) is 0.450. The van der Waals surface area contributed by atoms with Gasteiger partial charge in [0, 0.05) is 0 Å². The molecule has 52 valence electrons. The van der Waals surface area contributed by atoms with Crippen LogP contribution in [0.2, 0.25) is 0 Å². The van der Waals surface area contributed by atoms with Crippen molar-refractivity contribution in [2.75, 3.05) is 6.61 Å². The van der Waals surface area contributed by atoms with E-state index in [2.05, 4.69) is 4.74 Å². The average Bonchev–Trinajstić information content (AvgIpc) is 1.67. The lowest BCUT2D eigenvalue weighted by molar-refractivity contribution is -0.163. The molecule has 5 heteroatoms. The molecule has 0 aliphatic heterocycles. The zero-order chi connectivity index (χ0) is 6.57. The average molecular weight is 132 g/mol. The van der Waals surface area contributed by atoms with Crippen molar-refractivity contribution in [1.29, 1.82) is 0 Å². The molecule has 9 heavy (non-hydrogen) atoms. The number of carboxylic acids is 1. The molecule has 1 N–H and O–H groups in total. The lowest BCUT2D eigenvalue weighted by Gasteiger charge is -1.91. The molecular formula is C4H9BO4. The fraction of sp³-hybridized carbons (Fsp3) is 0.500. The Morgan fingerprint density at radius 3 is 2.11 bits per heavy atom. The number of rotatable bonds is 1. The molecule has 0 aliphatic rings. The van der Waals surface area contributed by atoms with E-state index in [-0.39, 0.29) is 15.0 Å². The first-order valence-electron chi connectivity index (χ1n) is 2.08. The van der Waals surface area contributed by atoms with Crippen LogP contribution in [0.3, 0.4) is 0 Å². The zero-order valence-electron chi connectivity index (χ0n) is 4.38. The highest BCUT2D eigenvalue weighted by Crippen LogP contribution is 1.74. The van der Waals surface area contributed by atoms with Gasteiger partial charge in [0.05, 0.1) is 15.0 Å². The van der Waals surface area contributed by atoms with Gasteiger partial charge in [-0.25, -0.2) is 9.59 Å². The number of carbonyl (C=O) groups is 2. The molecule has 0 heterocycles. The van der Waals surface area contributed by atoms with Crippen LogP contribution in [0.4, 0.5) is 0 Å². The van der Waals surface area contributed by atoms with Crippen LogP contribution < -0.4 is 0 Å². The van der Waals surface area contributed by atoms with Crippen LogP contribution in [0.1, 0.15) is 6.92 Å². The SMILES string of the molecule is B.CCOC(=O)C(=O)O. The minimum atomic E-state index is -1.55. The Bertz CT molecular complexity index is 111. The van der Waals surface area contributed by atoms with Crippen molar-refractivity contribution in [2.45, 2.75) is 6.92 Å². The van der Waals surface area contributed by atoms with Gasteiger partial charge in [0.15, 0.2) is 0 Å². The summed E-state index contributed by atoms with van der Waals surface area (Å²) in [7, 11) is 0. The number of esters is 1. The zero-order valence-corrected chi connectivity index (χ0v) is 4.38. The first-order chi connectivity index (χ1) is 3.68. The van der Waals surface area contributed by atoms with E-state index in [0.717, 1.165) is 0 Å². The third kappa shape index (κ3) is 4.87. The van der Waals surface area contributed by atoms with Crippen LogP contribution in [0, 0.1) is 0 Å². The molecule has 0 bridgehead atoms. The van der Waals surface area contributed by atoms with Gasteiger partial charge in [0.25, 0.3) is 0 Å². The highest BCUT2D eigenvalue weighted by Gasteiger charge is 2.09. The highest BCUT2D eigenvalue weighted by molar-refractivity contribution is 6.28. The minimum absolute atomic E-state index is 0. The molecule has 0 unspecified atom stereocenters. The van der Waals surface area contributed by atoms with Gasteiger partial charge in [0.2, 0.25) is 0 Å². The van der Waals surface area contributed by atoms with Crippen LogP contribution in [0.25, 0.3) is 0 Å². The van der Waals surface area contributed by atoms with Crippen molar-refractivity contribution < 1.29 is 19.4 Å². The number of ether oxygens (including phenoxy) is 1. The van der Waals surface area contributed by atoms with Gasteiger partial charge in [-0.15, -0.1) is 0 Å². The molecule has 0 saturated heterocycles. The third-order valence-electron chi connectivity index (χ3n) is 0.450. The van der Waals surface area contributed by atoms with E-state index in [1.165, 1.54) is 0 Å². The van der Waals surface area contributed by atoms with Crippen molar-refractivity contribution in [3.8, 4) is 0 Å². The van der Waals surface area contributed by atoms with Crippen LogP contribution >= 0.6 is 0 Å². The van der Waals surface area contributed by atoms with E-state index >= 15 is 0 Å². The Morgan fingerprint density at radius 1 is 1.56 bits per heavy atom. The molecule has 0 aliphatic carbocycles. The van der Waals surface area contributed by atoms with Gasteiger partial charge >= 0.3 is 11.9 Å². The molecule has 0 aromatic rings. The van der Waals surface area contributed by atoms with E-state index in [9.17, 15) is 9.59 Å². The quantitative estimate of drug-likeness (QED) is 0.266. The van der Waals surface area contributed by atoms with Gasteiger partial charge in [-0.05, 0) is 6.92 Å². The summed E-state index contributed by atoms with van der Waals surface area (Å²) >= 11 is 0. The lowest BCUT2D eigenvalue weighted by Crippen LogP contribution is -2.15. The fourth-order valence-electron chi connectivity index (χ4n) is 0.193. The maximum atomic E-state index is 9.92. The van der Waals surface area contributed by atoms with E-state index in [1.807, 2.05) is 0 Å². The predicted molar refractivity (Wildman–Crippen MR) is 34.2 cm³/mol. The molecule has 0 spiro atoms. The van der Waals surface area contributed by atoms with Crippen molar-refractivity contribution in [3.63, 3.8) is 0 Å². The fourth-order valence-corrected chi connectivity index (χ4v) is 0.193. The Kier molecular flexibility index (Phi) is 6.23. The lowest BCUT2D eigenvalue weighted by atomic mass is 10.7. The van der Waals surface area contributed by atoms with Crippen LogP contribution in [0.15, 0.2) is 0 Å². The smallest absolute Gasteiger partial charge is 0.417 e. The van der Waals surface area contributed by atoms with Crippen LogP contribution in [-0.4, -0.2) is 32.1 Å². The predicted octanol–water partition coefficient (Wildman–Crippen LogP) is -1.55. The number of carboxylic acid groups (broad SMARTS) is 1. The highest BCUT2D eigenvalue weighted by atomic mass is 16.6. The number of aliphatic carboxylic acids is 1. The molecule has 0 aromatic carbocycles. The first kappa shape index (κ1) is 10.9. The van der Waals surface area contributed by atoms with Crippen LogP contribution in [0.5, 0.6) is 0 Å². The second-order valence-corrected chi connectivity index (χ2v) is 1.03. The Morgan fingerprint density at radius 2 is 2.00 bits per heavy atom. The minimum Gasteiger partial charge on any atom is -0.473 e. The molecular weight excluding hydrogens is 123 g/mol.